The van der Waals surface area contributed by atoms with Crippen molar-refractivity contribution in [3.8, 4) is 22.4 Å². The van der Waals surface area contributed by atoms with E-state index < -0.39 is 11.9 Å². The third kappa shape index (κ3) is 4.25. The average molecular weight is 421 g/mol. The van der Waals surface area contributed by atoms with Crippen LogP contribution in [0.2, 0.25) is 0 Å². The van der Waals surface area contributed by atoms with Crippen molar-refractivity contribution in [2.75, 3.05) is 18.8 Å². The molecule has 0 saturated carbocycles. The zero-order chi connectivity index (χ0) is 22.0. The van der Waals surface area contributed by atoms with Crippen LogP contribution in [0.3, 0.4) is 0 Å². The first kappa shape index (κ1) is 20.9. The average Bonchev–Trinajstić information content (AvgIpc) is 2.79. The molecule has 0 spiro atoms. The molecule has 1 aliphatic heterocycles. The van der Waals surface area contributed by atoms with Gasteiger partial charge in [-0.05, 0) is 43.5 Å². The molecule has 1 aromatic carbocycles. The van der Waals surface area contributed by atoms with Crippen LogP contribution in [-0.2, 0) is 6.42 Å². The summed E-state index contributed by atoms with van der Waals surface area (Å²) in [4.78, 5) is 27.3. The number of aryl methyl sites for hydroxylation is 1. The maximum absolute atomic E-state index is 15.0. The van der Waals surface area contributed by atoms with E-state index in [9.17, 15) is 9.90 Å². The monoisotopic (exact) mass is 421 g/mol. The van der Waals surface area contributed by atoms with E-state index >= 15 is 4.39 Å². The molecule has 3 heterocycles. The molecule has 3 N–H and O–H groups in total. The van der Waals surface area contributed by atoms with Gasteiger partial charge in [0.05, 0.1) is 23.1 Å². The fourth-order valence-electron chi connectivity index (χ4n) is 3.84. The Hall–Kier alpha value is -3.39. The molecule has 8 heteroatoms. The molecule has 0 radical (unpaired) electrons. The van der Waals surface area contributed by atoms with E-state index in [4.69, 9.17) is 5.73 Å². The minimum atomic E-state index is -0.605. The number of aliphatic hydroxyl groups excluding tert-OH is 1. The van der Waals surface area contributed by atoms with Gasteiger partial charge in [0.15, 0.2) is 0 Å². The molecule has 31 heavy (non-hydrogen) atoms. The number of aliphatic hydroxyl groups is 1. The first-order chi connectivity index (χ1) is 15.0. The third-order valence-corrected chi connectivity index (χ3v) is 5.56. The number of nitrogen functional groups attached to an aromatic ring is 1. The highest BCUT2D eigenvalue weighted by Crippen LogP contribution is 2.33. The SMILES string of the molecule is CCc1ncnc(-c2ccc(C(=O)N3CCC(O)CC3)c(F)c2)c1-c1ccc(N)nc1. The van der Waals surface area contributed by atoms with Gasteiger partial charge in [-0.1, -0.05) is 13.0 Å². The zero-order valence-electron chi connectivity index (χ0n) is 17.3. The molecule has 1 fully saturated rings. The Balaban J connectivity index is 1.71. The van der Waals surface area contributed by atoms with Gasteiger partial charge < -0.3 is 15.7 Å². The van der Waals surface area contributed by atoms with E-state index in [1.807, 2.05) is 13.0 Å². The van der Waals surface area contributed by atoms with Crippen molar-refractivity contribution in [1.29, 1.82) is 0 Å². The number of benzene rings is 1. The first-order valence-corrected chi connectivity index (χ1v) is 10.3. The number of piperidine rings is 1. The molecule has 0 bridgehead atoms. The lowest BCUT2D eigenvalue weighted by Gasteiger charge is -2.29. The molecule has 2 aromatic heterocycles. The summed E-state index contributed by atoms with van der Waals surface area (Å²) in [5.41, 5.74) is 9.21. The van der Waals surface area contributed by atoms with Crippen LogP contribution >= 0.6 is 0 Å². The summed E-state index contributed by atoms with van der Waals surface area (Å²) in [5.74, 6) is -0.568. The predicted octanol–water partition coefficient (Wildman–Crippen LogP) is 3.09. The number of anilines is 1. The van der Waals surface area contributed by atoms with Crippen molar-refractivity contribution in [2.45, 2.75) is 32.3 Å². The summed E-state index contributed by atoms with van der Waals surface area (Å²) in [6, 6.07) is 8.07. The number of likely N-dealkylation sites (tertiary alicyclic amines) is 1. The molecule has 1 saturated heterocycles. The largest absolute Gasteiger partial charge is 0.393 e. The number of amides is 1. The molecule has 0 unspecified atom stereocenters. The van der Waals surface area contributed by atoms with Crippen molar-refractivity contribution < 1.29 is 14.3 Å². The molecule has 1 aliphatic rings. The second-order valence-electron chi connectivity index (χ2n) is 7.59. The van der Waals surface area contributed by atoms with Gasteiger partial charge >= 0.3 is 0 Å². The fraction of sp³-hybridized carbons (Fsp3) is 0.304. The topological polar surface area (TPSA) is 105 Å². The predicted molar refractivity (Wildman–Crippen MR) is 116 cm³/mol. The normalized spacial score (nSPS) is 14.6. The second-order valence-corrected chi connectivity index (χ2v) is 7.59. The number of halogens is 1. The van der Waals surface area contributed by atoms with Crippen LogP contribution < -0.4 is 5.73 Å². The van der Waals surface area contributed by atoms with Crippen LogP contribution in [-0.4, -0.2) is 50.1 Å². The highest BCUT2D eigenvalue weighted by atomic mass is 19.1. The van der Waals surface area contributed by atoms with E-state index in [0.29, 0.717) is 49.4 Å². The van der Waals surface area contributed by atoms with Gasteiger partial charge in [0.1, 0.15) is 18.0 Å². The number of carbonyl (C=O) groups excluding carboxylic acids is 1. The standard InChI is InChI=1S/C23H24FN5O2/c1-2-19-21(15-4-6-20(25)26-12-15)22(28-13-27-19)14-3-5-17(18(24)11-14)23(31)29-9-7-16(30)8-10-29/h3-6,11-13,16,30H,2,7-10H2,1H3,(H2,25,26). The highest BCUT2D eigenvalue weighted by molar-refractivity contribution is 5.95. The van der Waals surface area contributed by atoms with Gasteiger partial charge in [0.25, 0.3) is 5.91 Å². The van der Waals surface area contributed by atoms with E-state index in [2.05, 4.69) is 15.0 Å². The molecular formula is C23H24FN5O2. The molecule has 0 aliphatic carbocycles. The van der Waals surface area contributed by atoms with E-state index in [1.165, 1.54) is 18.5 Å². The number of hydrogen-bond acceptors (Lipinski definition) is 6. The Morgan fingerprint density at radius 3 is 2.55 bits per heavy atom. The molecular weight excluding hydrogens is 397 g/mol. The summed E-state index contributed by atoms with van der Waals surface area (Å²) >= 11 is 0. The van der Waals surface area contributed by atoms with Gasteiger partial charge in [-0.15, -0.1) is 0 Å². The highest BCUT2D eigenvalue weighted by Gasteiger charge is 2.25. The molecule has 160 valence electrons. The summed E-state index contributed by atoms with van der Waals surface area (Å²) in [7, 11) is 0. The number of rotatable bonds is 4. The summed E-state index contributed by atoms with van der Waals surface area (Å²) in [5, 5.41) is 9.64. The fourth-order valence-corrected chi connectivity index (χ4v) is 3.84. The van der Waals surface area contributed by atoms with E-state index in [0.717, 1.165) is 16.8 Å². The van der Waals surface area contributed by atoms with Gasteiger partial charge in [-0.3, -0.25) is 4.79 Å². The van der Waals surface area contributed by atoms with Gasteiger partial charge in [0, 0.05) is 36.0 Å². The molecule has 3 aromatic rings. The Bertz CT molecular complexity index is 1100. The van der Waals surface area contributed by atoms with Crippen LogP contribution in [0.25, 0.3) is 22.4 Å². The van der Waals surface area contributed by atoms with Gasteiger partial charge in [-0.2, -0.15) is 0 Å². The Kier molecular flexibility index (Phi) is 5.90. The number of hydrogen-bond donors (Lipinski definition) is 2. The smallest absolute Gasteiger partial charge is 0.256 e. The first-order valence-electron chi connectivity index (χ1n) is 10.3. The Labute approximate surface area is 179 Å². The lowest BCUT2D eigenvalue weighted by atomic mass is 9.96. The van der Waals surface area contributed by atoms with Crippen molar-refractivity contribution in [1.82, 2.24) is 19.9 Å². The lowest BCUT2D eigenvalue weighted by molar-refractivity contribution is 0.0543. The molecule has 4 rings (SSSR count). The van der Waals surface area contributed by atoms with E-state index in [-0.39, 0.29) is 11.5 Å². The Morgan fingerprint density at radius 1 is 1.16 bits per heavy atom. The number of nitrogens with zero attached hydrogens (tertiary/aromatic N) is 4. The van der Waals surface area contributed by atoms with Crippen molar-refractivity contribution in [3.05, 3.63) is 59.9 Å². The maximum atomic E-state index is 15.0. The number of nitrogens with two attached hydrogens (primary N) is 1. The van der Waals surface area contributed by atoms with Crippen molar-refractivity contribution in [2.24, 2.45) is 0 Å². The summed E-state index contributed by atoms with van der Waals surface area (Å²) < 4.78 is 15.0. The quantitative estimate of drug-likeness (QED) is 0.671. The summed E-state index contributed by atoms with van der Waals surface area (Å²) in [6.45, 7) is 2.82. The van der Waals surface area contributed by atoms with Crippen LogP contribution in [0.5, 0.6) is 0 Å². The minimum Gasteiger partial charge on any atom is -0.393 e. The van der Waals surface area contributed by atoms with E-state index in [1.54, 1.807) is 23.2 Å². The van der Waals surface area contributed by atoms with Crippen LogP contribution in [0.4, 0.5) is 10.2 Å². The zero-order valence-corrected chi connectivity index (χ0v) is 17.3. The lowest BCUT2D eigenvalue weighted by Crippen LogP contribution is -2.40. The molecule has 0 atom stereocenters. The van der Waals surface area contributed by atoms with Gasteiger partial charge in [-0.25, -0.2) is 19.3 Å². The van der Waals surface area contributed by atoms with Crippen LogP contribution in [0.1, 0.15) is 35.8 Å². The van der Waals surface area contributed by atoms with Crippen LogP contribution in [0.15, 0.2) is 42.9 Å². The molecule has 1 amide bonds. The third-order valence-electron chi connectivity index (χ3n) is 5.56. The van der Waals surface area contributed by atoms with Crippen molar-refractivity contribution >= 4 is 11.7 Å². The number of pyridine rings is 1. The number of aromatic nitrogens is 3. The molecule has 7 nitrogen and oxygen atoms in total. The summed E-state index contributed by atoms with van der Waals surface area (Å²) in [6.07, 6.45) is 4.38. The number of carbonyl (C=O) groups is 1. The van der Waals surface area contributed by atoms with Crippen LogP contribution in [0, 0.1) is 5.82 Å². The van der Waals surface area contributed by atoms with Crippen molar-refractivity contribution in [3.63, 3.8) is 0 Å². The second kappa shape index (κ2) is 8.77. The maximum Gasteiger partial charge on any atom is 0.256 e. The minimum absolute atomic E-state index is 0.0145. The van der Waals surface area contributed by atoms with Gasteiger partial charge in [0.2, 0.25) is 0 Å². The Morgan fingerprint density at radius 2 is 1.90 bits per heavy atom.